The van der Waals surface area contributed by atoms with Crippen molar-refractivity contribution in [2.75, 3.05) is 11.1 Å². The Kier molecular flexibility index (Phi) is 3.54. The Morgan fingerprint density at radius 3 is 2.94 bits per heavy atom. The molecule has 0 bridgehead atoms. The third-order valence-electron chi connectivity index (χ3n) is 2.80. The molecule has 3 N–H and O–H groups in total. The summed E-state index contributed by atoms with van der Waals surface area (Å²) in [4.78, 5) is 11.9. The monoisotopic (exact) mass is 254 g/mol. The number of ether oxygens (including phenoxy) is 1. The highest BCUT2D eigenvalue weighted by molar-refractivity contribution is 6.31. The predicted molar refractivity (Wildman–Crippen MR) is 68.1 cm³/mol. The Balaban J connectivity index is 2.05. The molecular weight excluding hydrogens is 240 g/mol. The first-order valence-corrected chi connectivity index (χ1v) is 5.95. The van der Waals surface area contributed by atoms with E-state index in [0.717, 1.165) is 12.8 Å². The smallest absolute Gasteiger partial charge is 0.253 e. The van der Waals surface area contributed by atoms with Gasteiger partial charge in [0.25, 0.3) is 5.91 Å². The molecule has 0 aromatic heterocycles. The van der Waals surface area contributed by atoms with E-state index in [1.54, 1.807) is 18.2 Å². The lowest BCUT2D eigenvalue weighted by Crippen LogP contribution is -2.28. The van der Waals surface area contributed by atoms with E-state index in [-0.39, 0.29) is 18.1 Å². The van der Waals surface area contributed by atoms with Crippen LogP contribution in [0.5, 0.6) is 0 Å². The molecule has 1 aromatic carbocycles. The number of anilines is 2. The average molecular weight is 255 g/mol. The number of nitrogens with one attached hydrogen (secondary N) is 1. The van der Waals surface area contributed by atoms with Crippen molar-refractivity contribution in [1.29, 1.82) is 0 Å². The third kappa shape index (κ3) is 2.90. The van der Waals surface area contributed by atoms with E-state index in [9.17, 15) is 4.79 Å². The Morgan fingerprint density at radius 2 is 2.29 bits per heavy atom. The average Bonchev–Trinajstić information content (AvgIpc) is 2.70. The number of amides is 1. The van der Waals surface area contributed by atoms with Crippen LogP contribution in [0.1, 0.15) is 19.8 Å². The van der Waals surface area contributed by atoms with Gasteiger partial charge in [-0.25, -0.2) is 0 Å². The lowest BCUT2D eigenvalue weighted by atomic mass is 10.2. The standard InChI is InChI=1S/C12H15ClN2O2/c1-7-2-5-11(17-7)12(16)15-10-6-8(13)3-4-9(10)14/h3-4,6-7,11H,2,5,14H2,1H3,(H,15,16). The second-order valence-corrected chi connectivity index (χ2v) is 4.67. The van der Waals surface area contributed by atoms with Gasteiger partial charge in [-0.2, -0.15) is 0 Å². The molecular formula is C12H15ClN2O2. The highest BCUT2D eigenvalue weighted by Crippen LogP contribution is 2.25. The molecule has 1 heterocycles. The number of carbonyl (C=O) groups is 1. The lowest BCUT2D eigenvalue weighted by Gasteiger charge is -2.13. The van der Waals surface area contributed by atoms with Crippen molar-refractivity contribution >= 4 is 28.9 Å². The van der Waals surface area contributed by atoms with Crippen molar-refractivity contribution in [3.8, 4) is 0 Å². The van der Waals surface area contributed by atoms with E-state index >= 15 is 0 Å². The van der Waals surface area contributed by atoms with Crippen LogP contribution in [0.15, 0.2) is 18.2 Å². The van der Waals surface area contributed by atoms with Gasteiger partial charge in [-0.3, -0.25) is 4.79 Å². The molecule has 92 valence electrons. The van der Waals surface area contributed by atoms with Crippen molar-refractivity contribution in [1.82, 2.24) is 0 Å². The Hall–Kier alpha value is -1.26. The van der Waals surface area contributed by atoms with Gasteiger partial charge in [0.2, 0.25) is 0 Å². The number of nitrogens with two attached hydrogens (primary N) is 1. The Labute approximate surface area is 105 Å². The zero-order chi connectivity index (χ0) is 12.4. The molecule has 1 aliphatic rings. The topological polar surface area (TPSA) is 64.4 Å². The van der Waals surface area contributed by atoms with Crippen LogP contribution in [0, 0.1) is 0 Å². The lowest BCUT2D eigenvalue weighted by molar-refractivity contribution is -0.126. The van der Waals surface area contributed by atoms with E-state index in [1.165, 1.54) is 0 Å². The minimum atomic E-state index is -0.386. The fourth-order valence-electron chi connectivity index (χ4n) is 1.85. The van der Waals surface area contributed by atoms with Gasteiger partial charge in [0.1, 0.15) is 6.10 Å². The molecule has 0 spiro atoms. The van der Waals surface area contributed by atoms with Gasteiger partial charge in [0, 0.05) is 5.02 Å². The SMILES string of the molecule is CC1CCC(C(=O)Nc2cc(Cl)ccc2N)O1. The maximum atomic E-state index is 11.9. The van der Waals surface area contributed by atoms with Crippen LogP contribution in [-0.2, 0) is 9.53 Å². The van der Waals surface area contributed by atoms with E-state index in [2.05, 4.69) is 5.32 Å². The summed E-state index contributed by atoms with van der Waals surface area (Å²) in [6.45, 7) is 1.96. The number of rotatable bonds is 2. The van der Waals surface area contributed by atoms with Crippen molar-refractivity contribution in [3.63, 3.8) is 0 Å². The molecule has 1 aromatic rings. The molecule has 1 amide bonds. The first-order valence-electron chi connectivity index (χ1n) is 5.57. The number of carbonyl (C=O) groups excluding carboxylic acids is 1. The van der Waals surface area contributed by atoms with E-state index in [4.69, 9.17) is 22.1 Å². The van der Waals surface area contributed by atoms with Crippen LogP contribution in [0.25, 0.3) is 0 Å². The maximum absolute atomic E-state index is 11.9. The number of hydrogen-bond donors (Lipinski definition) is 2. The summed E-state index contributed by atoms with van der Waals surface area (Å²) in [7, 11) is 0. The van der Waals surface area contributed by atoms with Gasteiger partial charge in [-0.1, -0.05) is 11.6 Å². The second-order valence-electron chi connectivity index (χ2n) is 4.23. The number of benzene rings is 1. The van der Waals surface area contributed by atoms with Gasteiger partial charge >= 0.3 is 0 Å². The van der Waals surface area contributed by atoms with Crippen molar-refractivity contribution in [3.05, 3.63) is 23.2 Å². The first kappa shape index (κ1) is 12.2. The quantitative estimate of drug-likeness (QED) is 0.797. The summed E-state index contributed by atoms with van der Waals surface area (Å²) in [5.74, 6) is -0.164. The molecule has 17 heavy (non-hydrogen) atoms. The van der Waals surface area contributed by atoms with E-state index in [1.807, 2.05) is 6.92 Å². The van der Waals surface area contributed by atoms with Gasteiger partial charge in [0.15, 0.2) is 0 Å². The van der Waals surface area contributed by atoms with Crippen LogP contribution in [0.4, 0.5) is 11.4 Å². The molecule has 0 aliphatic carbocycles. The highest BCUT2D eigenvalue weighted by Gasteiger charge is 2.28. The van der Waals surface area contributed by atoms with Gasteiger partial charge in [0.05, 0.1) is 17.5 Å². The fourth-order valence-corrected chi connectivity index (χ4v) is 2.02. The fraction of sp³-hybridized carbons (Fsp3) is 0.417. The third-order valence-corrected chi connectivity index (χ3v) is 3.03. The summed E-state index contributed by atoms with van der Waals surface area (Å²) < 4.78 is 5.48. The molecule has 2 atom stereocenters. The number of halogens is 1. The largest absolute Gasteiger partial charge is 0.397 e. The van der Waals surface area contributed by atoms with E-state index < -0.39 is 0 Å². The zero-order valence-electron chi connectivity index (χ0n) is 9.57. The number of hydrogen-bond acceptors (Lipinski definition) is 3. The van der Waals surface area contributed by atoms with Crippen molar-refractivity contribution < 1.29 is 9.53 Å². The van der Waals surface area contributed by atoms with Gasteiger partial charge < -0.3 is 15.8 Å². The van der Waals surface area contributed by atoms with Gasteiger partial charge in [-0.05, 0) is 38.0 Å². The highest BCUT2D eigenvalue weighted by atomic mass is 35.5. The minimum absolute atomic E-state index is 0.141. The molecule has 2 rings (SSSR count). The molecule has 4 nitrogen and oxygen atoms in total. The van der Waals surface area contributed by atoms with Crippen LogP contribution >= 0.6 is 11.6 Å². The molecule has 2 unspecified atom stereocenters. The zero-order valence-corrected chi connectivity index (χ0v) is 10.3. The van der Waals surface area contributed by atoms with Crippen molar-refractivity contribution in [2.24, 2.45) is 0 Å². The van der Waals surface area contributed by atoms with Crippen LogP contribution < -0.4 is 11.1 Å². The Morgan fingerprint density at radius 1 is 1.53 bits per heavy atom. The second kappa shape index (κ2) is 4.94. The molecule has 1 fully saturated rings. The molecule has 0 radical (unpaired) electrons. The normalized spacial score (nSPS) is 23.6. The predicted octanol–water partition coefficient (Wildman–Crippen LogP) is 2.43. The van der Waals surface area contributed by atoms with Crippen LogP contribution in [0.3, 0.4) is 0 Å². The molecule has 1 saturated heterocycles. The summed E-state index contributed by atoms with van der Waals surface area (Å²) >= 11 is 5.85. The Bertz CT molecular complexity index is 437. The molecule has 1 aliphatic heterocycles. The van der Waals surface area contributed by atoms with Crippen molar-refractivity contribution in [2.45, 2.75) is 32.0 Å². The number of nitrogen functional groups attached to an aromatic ring is 1. The van der Waals surface area contributed by atoms with E-state index in [0.29, 0.717) is 16.4 Å². The summed E-state index contributed by atoms with van der Waals surface area (Å²) in [6, 6.07) is 4.98. The molecule has 0 saturated carbocycles. The summed E-state index contributed by atoms with van der Waals surface area (Å²) in [5, 5.41) is 3.28. The molecule has 5 heteroatoms. The summed E-state index contributed by atoms with van der Waals surface area (Å²) in [5.41, 5.74) is 6.78. The first-order chi connectivity index (χ1) is 8.06. The maximum Gasteiger partial charge on any atom is 0.253 e. The van der Waals surface area contributed by atoms with Crippen LogP contribution in [-0.4, -0.2) is 18.1 Å². The summed E-state index contributed by atoms with van der Waals surface area (Å²) in [6.07, 6.45) is 1.40. The minimum Gasteiger partial charge on any atom is -0.397 e. The van der Waals surface area contributed by atoms with Crippen LogP contribution in [0.2, 0.25) is 5.02 Å². The van der Waals surface area contributed by atoms with Gasteiger partial charge in [-0.15, -0.1) is 0 Å².